The van der Waals surface area contributed by atoms with Crippen LogP contribution < -0.4 is 15.4 Å². The van der Waals surface area contributed by atoms with Crippen LogP contribution in [-0.2, 0) is 19.6 Å². The molecule has 0 aliphatic heterocycles. The second kappa shape index (κ2) is 10.2. The number of nitrogens with one attached hydrogen (secondary N) is 2. The molecule has 1 aliphatic carbocycles. The van der Waals surface area contributed by atoms with E-state index in [9.17, 15) is 0 Å². The van der Waals surface area contributed by atoms with Crippen molar-refractivity contribution in [3.63, 3.8) is 0 Å². The van der Waals surface area contributed by atoms with Gasteiger partial charge in [0.15, 0.2) is 5.96 Å². The van der Waals surface area contributed by atoms with Crippen molar-refractivity contribution in [3.8, 4) is 5.75 Å². The van der Waals surface area contributed by atoms with Gasteiger partial charge in [-0.05, 0) is 42.9 Å². The summed E-state index contributed by atoms with van der Waals surface area (Å²) in [6.45, 7) is 5.04. The highest BCUT2D eigenvalue weighted by molar-refractivity contribution is 5.79. The molecule has 1 saturated carbocycles. The van der Waals surface area contributed by atoms with E-state index in [4.69, 9.17) is 4.74 Å². The lowest BCUT2D eigenvalue weighted by atomic mass is 10.1. The van der Waals surface area contributed by atoms with Crippen molar-refractivity contribution in [1.29, 1.82) is 0 Å². The summed E-state index contributed by atoms with van der Waals surface area (Å²) in [5.74, 6) is 3.49. The summed E-state index contributed by atoms with van der Waals surface area (Å²) in [5, 5.41) is 6.82. The van der Waals surface area contributed by atoms with Crippen molar-refractivity contribution < 1.29 is 4.74 Å². The van der Waals surface area contributed by atoms with Crippen molar-refractivity contribution in [1.82, 2.24) is 20.2 Å². The number of benzene rings is 2. The normalized spacial score (nSPS) is 13.8. The molecule has 0 amide bonds. The van der Waals surface area contributed by atoms with Crippen molar-refractivity contribution in [2.45, 2.75) is 39.4 Å². The molecule has 1 fully saturated rings. The second-order valence-corrected chi connectivity index (χ2v) is 8.06. The van der Waals surface area contributed by atoms with Gasteiger partial charge in [-0.3, -0.25) is 4.99 Å². The number of imidazole rings is 1. The molecular weight excluding hydrogens is 386 g/mol. The predicted molar refractivity (Wildman–Crippen MR) is 124 cm³/mol. The largest absolute Gasteiger partial charge is 0.493 e. The van der Waals surface area contributed by atoms with Gasteiger partial charge in [0, 0.05) is 44.6 Å². The zero-order valence-corrected chi connectivity index (χ0v) is 18.3. The van der Waals surface area contributed by atoms with Gasteiger partial charge in [0.25, 0.3) is 0 Å². The Morgan fingerprint density at radius 2 is 1.90 bits per heavy atom. The van der Waals surface area contributed by atoms with E-state index in [1.165, 1.54) is 24.0 Å². The molecule has 6 nitrogen and oxygen atoms in total. The Bertz CT molecular complexity index is 1020. The molecule has 1 heterocycles. The highest BCUT2D eigenvalue weighted by Crippen LogP contribution is 2.30. The van der Waals surface area contributed by atoms with Crippen LogP contribution in [0.5, 0.6) is 5.75 Å². The van der Waals surface area contributed by atoms with Gasteiger partial charge in [0.1, 0.15) is 11.6 Å². The van der Waals surface area contributed by atoms with Crippen LogP contribution >= 0.6 is 0 Å². The Kier molecular flexibility index (Phi) is 6.87. The number of guanidine groups is 1. The molecule has 1 aromatic heterocycles. The number of rotatable bonds is 9. The monoisotopic (exact) mass is 417 g/mol. The number of aromatic nitrogens is 2. The zero-order chi connectivity index (χ0) is 21.5. The number of nitrogens with zero attached hydrogens (tertiary/aromatic N) is 3. The zero-order valence-electron chi connectivity index (χ0n) is 18.3. The molecule has 3 aromatic rings. The lowest BCUT2D eigenvalue weighted by Crippen LogP contribution is -2.36. The highest BCUT2D eigenvalue weighted by atomic mass is 16.5. The number of aliphatic imine (C=N–C) groups is 1. The molecular formula is C25H31N5O. The van der Waals surface area contributed by atoms with E-state index in [1.807, 2.05) is 37.5 Å². The Hall–Kier alpha value is -3.28. The molecule has 1 aliphatic rings. The minimum Gasteiger partial charge on any atom is -0.493 e. The van der Waals surface area contributed by atoms with E-state index >= 15 is 0 Å². The Labute approximate surface area is 184 Å². The smallest absolute Gasteiger partial charge is 0.191 e. The van der Waals surface area contributed by atoms with Crippen LogP contribution in [0, 0.1) is 12.8 Å². The van der Waals surface area contributed by atoms with Crippen LogP contribution in [0.4, 0.5) is 0 Å². The summed E-state index contributed by atoms with van der Waals surface area (Å²) in [6, 6.07) is 16.8. The first-order valence-corrected chi connectivity index (χ1v) is 10.9. The molecule has 2 N–H and O–H groups in total. The number of para-hydroxylation sites is 1. The first kappa shape index (κ1) is 21.0. The van der Waals surface area contributed by atoms with E-state index in [2.05, 4.69) is 55.5 Å². The number of hydrogen-bond acceptors (Lipinski definition) is 3. The van der Waals surface area contributed by atoms with Crippen LogP contribution in [0.15, 0.2) is 65.9 Å². The van der Waals surface area contributed by atoms with Gasteiger partial charge in [-0.25, -0.2) is 4.98 Å². The first-order valence-electron chi connectivity index (χ1n) is 10.9. The van der Waals surface area contributed by atoms with Gasteiger partial charge >= 0.3 is 0 Å². The molecule has 0 atom stereocenters. The molecule has 4 rings (SSSR count). The molecule has 0 spiro atoms. The lowest BCUT2D eigenvalue weighted by molar-refractivity contribution is 0.296. The third-order valence-electron chi connectivity index (χ3n) is 5.54. The minimum absolute atomic E-state index is 0.667. The molecule has 31 heavy (non-hydrogen) atoms. The third kappa shape index (κ3) is 6.10. The van der Waals surface area contributed by atoms with Gasteiger partial charge in [-0.15, -0.1) is 0 Å². The van der Waals surface area contributed by atoms with E-state index < -0.39 is 0 Å². The standard InChI is InChI=1S/C25H31N5O/c1-19-27-12-13-30(19)17-22-7-5-6-21(14-22)15-28-25(26-2)29-16-23-8-3-4-9-24(23)31-18-20-10-11-20/h3-9,12-14,20H,10-11,15-18H2,1-2H3,(H2,26,28,29). The summed E-state index contributed by atoms with van der Waals surface area (Å²) in [7, 11) is 1.79. The number of hydrogen-bond donors (Lipinski definition) is 2. The molecule has 0 unspecified atom stereocenters. The van der Waals surface area contributed by atoms with Crippen molar-refractivity contribution in [3.05, 3.63) is 83.4 Å². The average molecular weight is 418 g/mol. The molecule has 2 aromatic carbocycles. The first-order chi connectivity index (χ1) is 15.2. The number of aryl methyl sites for hydroxylation is 1. The Morgan fingerprint density at radius 3 is 2.68 bits per heavy atom. The number of ether oxygens (including phenoxy) is 1. The fourth-order valence-corrected chi connectivity index (χ4v) is 3.47. The SMILES string of the molecule is CN=C(NCc1cccc(Cn2ccnc2C)c1)NCc1ccccc1OCC1CC1. The Morgan fingerprint density at radius 1 is 1.10 bits per heavy atom. The summed E-state index contributed by atoms with van der Waals surface area (Å²) in [5.41, 5.74) is 3.61. The van der Waals surface area contributed by atoms with E-state index in [-0.39, 0.29) is 0 Å². The minimum atomic E-state index is 0.667. The van der Waals surface area contributed by atoms with Crippen LogP contribution in [-0.4, -0.2) is 29.2 Å². The summed E-state index contributed by atoms with van der Waals surface area (Å²) in [6.07, 6.45) is 6.43. The van der Waals surface area contributed by atoms with Crippen molar-refractivity contribution in [2.24, 2.45) is 10.9 Å². The fourth-order valence-electron chi connectivity index (χ4n) is 3.47. The maximum Gasteiger partial charge on any atom is 0.191 e. The summed E-state index contributed by atoms with van der Waals surface area (Å²) in [4.78, 5) is 8.67. The lowest BCUT2D eigenvalue weighted by Gasteiger charge is -2.15. The quantitative estimate of drug-likeness (QED) is 0.410. The topological polar surface area (TPSA) is 63.5 Å². The van der Waals surface area contributed by atoms with Gasteiger partial charge in [0.2, 0.25) is 0 Å². The molecule has 0 radical (unpaired) electrons. The second-order valence-electron chi connectivity index (χ2n) is 8.06. The predicted octanol–water partition coefficient (Wildman–Crippen LogP) is 3.89. The van der Waals surface area contributed by atoms with Crippen LogP contribution in [0.25, 0.3) is 0 Å². The molecule has 0 saturated heterocycles. The van der Waals surface area contributed by atoms with Gasteiger partial charge in [-0.2, -0.15) is 0 Å². The molecule has 6 heteroatoms. The molecule has 0 bridgehead atoms. The third-order valence-corrected chi connectivity index (χ3v) is 5.54. The summed E-state index contributed by atoms with van der Waals surface area (Å²) < 4.78 is 8.16. The van der Waals surface area contributed by atoms with E-state index in [0.29, 0.717) is 13.1 Å². The van der Waals surface area contributed by atoms with Gasteiger partial charge < -0.3 is 19.9 Å². The van der Waals surface area contributed by atoms with E-state index in [1.54, 1.807) is 7.05 Å². The van der Waals surface area contributed by atoms with Gasteiger partial charge in [-0.1, -0.05) is 42.5 Å². The van der Waals surface area contributed by atoms with Crippen LogP contribution in [0.1, 0.15) is 35.4 Å². The maximum atomic E-state index is 6.01. The van der Waals surface area contributed by atoms with Crippen LogP contribution in [0.3, 0.4) is 0 Å². The maximum absolute atomic E-state index is 6.01. The van der Waals surface area contributed by atoms with Crippen molar-refractivity contribution >= 4 is 5.96 Å². The highest BCUT2D eigenvalue weighted by Gasteiger charge is 2.22. The average Bonchev–Trinajstić information content (AvgIpc) is 3.54. The fraction of sp³-hybridized carbons (Fsp3) is 0.360. The van der Waals surface area contributed by atoms with E-state index in [0.717, 1.165) is 42.2 Å². The summed E-state index contributed by atoms with van der Waals surface area (Å²) >= 11 is 0. The van der Waals surface area contributed by atoms with Crippen molar-refractivity contribution in [2.75, 3.05) is 13.7 Å². The van der Waals surface area contributed by atoms with Gasteiger partial charge in [0.05, 0.1) is 6.61 Å². The Balaban J connectivity index is 1.30. The van der Waals surface area contributed by atoms with Crippen LogP contribution in [0.2, 0.25) is 0 Å². The molecule has 162 valence electrons.